The van der Waals surface area contributed by atoms with Crippen molar-refractivity contribution in [3.63, 3.8) is 0 Å². The molecule has 0 bridgehead atoms. The predicted octanol–water partition coefficient (Wildman–Crippen LogP) is 0.966. The Morgan fingerprint density at radius 2 is 1.68 bits per heavy atom. The van der Waals surface area contributed by atoms with Crippen molar-refractivity contribution in [2.75, 3.05) is 37.3 Å². The van der Waals surface area contributed by atoms with Crippen LogP contribution in [0.3, 0.4) is 0 Å². The summed E-state index contributed by atoms with van der Waals surface area (Å²) in [7, 11) is -7.65. The summed E-state index contributed by atoms with van der Waals surface area (Å²) in [6.07, 6.45) is 6.29. The van der Waals surface area contributed by atoms with Crippen LogP contribution in [0, 0.1) is 5.92 Å². The van der Waals surface area contributed by atoms with E-state index in [4.69, 9.17) is 5.14 Å². The number of anilines is 1. The number of carbonyl (C=O) groups excluding carboxylic acids is 1. The Morgan fingerprint density at radius 1 is 1.07 bits per heavy atom. The van der Waals surface area contributed by atoms with Gasteiger partial charge in [-0.2, -0.15) is 0 Å². The Morgan fingerprint density at radius 3 is 2.21 bits per heavy atom. The Bertz CT molecular complexity index is 945. The first kappa shape index (κ1) is 21.1. The van der Waals surface area contributed by atoms with Gasteiger partial charge in [0.15, 0.2) is 9.84 Å². The van der Waals surface area contributed by atoms with Crippen molar-refractivity contribution in [1.82, 2.24) is 4.90 Å². The molecule has 1 amide bonds. The lowest BCUT2D eigenvalue weighted by Gasteiger charge is -2.37. The molecule has 1 saturated heterocycles. The third-order valence-corrected chi connectivity index (χ3v) is 7.61. The largest absolute Gasteiger partial charge is 0.367 e. The summed E-state index contributed by atoms with van der Waals surface area (Å²) >= 11 is 0. The van der Waals surface area contributed by atoms with E-state index in [1.807, 2.05) is 9.80 Å². The van der Waals surface area contributed by atoms with Gasteiger partial charge in [-0.15, -0.1) is 0 Å². The first-order valence-corrected chi connectivity index (χ1v) is 12.9. The van der Waals surface area contributed by atoms with E-state index in [1.165, 1.54) is 25.0 Å². The molecule has 156 valence electrons. The van der Waals surface area contributed by atoms with Crippen LogP contribution in [-0.4, -0.2) is 60.1 Å². The average molecular weight is 430 g/mol. The van der Waals surface area contributed by atoms with Crippen molar-refractivity contribution in [1.29, 1.82) is 0 Å². The molecule has 8 nitrogen and oxygen atoms in total. The van der Waals surface area contributed by atoms with Gasteiger partial charge < -0.3 is 9.80 Å². The number of sulfone groups is 1. The van der Waals surface area contributed by atoms with Crippen molar-refractivity contribution >= 4 is 31.5 Å². The number of benzene rings is 1. The number of rotatable bonds is 5. The molecule has 2 N–H and O–H groups in total. The second-order valence-corrected chi connectivity index (χ2v) is 11.2. The van der Waals surface area contributed by atoms with Crippen LogP contribution in [0.2, 0.25) is 0 Å². The van der Waals surface area contributed by atoms with Crippen molar-refractivity contribution in [2.24, 2.45) is 11.1 Å². The fraction of sp³-hybridized carbons (Fsp3) is 0.611. The SMILES string of the molecule is CS(=O)(=O)c1cc(S(N)(=O)=O)ccc1N1CCN(C(=O)CC2CCCC2)CC1. The van der Waals surface area contributed by atoms with E-state index in [-0.39, 0.29) is 15.7 Å². The average Bonchev–Trinajstić information content (AvgIpc) is 3.13. The number of sulfonamides is 1. The van der Waals surface area contributed by atoms with Crippen molar-refractivity contribution in [2.45, 2.75) is 41.9 Å². The minimum Gasteiger partial charge on any atom is -0.367 e. The second-order valence-electron chi connectivity index (χ2n) is 7.67. The number of nitrogens with zero attached hydrogens (tertiary/aromatic N) is 2. The Labute approximate surface area is 166 Å². The minimum absolute atomic E-state index is 0.0650. The standard InChI is InChI=1S/C18H27N3O5S2/c1-27(23,24)17-13-15(28(19,25)26)6-7-16(17)20-8-10-21(11-9-20)18(22)12-14-4-2-3-5-14/h6-7,13-14H,2-5,8-12H2,1H3,(H2,19,25,26). The molecule has 1 aliphatic heterocycles. The molecule has 1 aromatic carbocycles. The molecule has 3 rings (SSSR count). The van der Waals surface area contributed by atoms with Gasteiger partial charge in [-0.1, -0.05) is 12.8 Å². The number of hydrogen-bond acceptors (Lipinski definition) is 6. The lowest BCUT2D eigenvalue weighted by atomic mass is 10.0. The fourth-order valence-electron chi connectivity index (χ4n) is 4.02. The number of piperazine rings is 1. The molecule has 2 fully saturated rings. The van der Waals surface area contributed by atoms with Crippen LogP contribution in [0.1, 0.15) is 32.1 Å². The molecule has 28 heavy (non-hydrogen) atoms. The summed E-state index contributed by atoms with van der Waals surface area (Å²) in [5.74, 6) is 0.660. The van der Waals surface area contributed by atoms with Crippen LogP contribution in [0.15, 0.2) is 28.0 Å². The third-order valence-electron chi connectivity index (χ3n) is 5.57. The molecule has 0 spiro atoms. The Kier molecular flexibility index (Phi) is 6.02. The van der Waals surface area contributed by atoms with Crippen LogP contribution in [0.25, 0.3) is 0 Å². The van der Waals surface area contributed by atoms with Gasteiger partial charge in [-0.05, 0) is 37.0 Å². The molecule has 2 aliphatic rings. The highest BCUT2D eigenvalue weighted by atomic mass is 32.2. The summed E-state index contributed by atoms with van der Waals surface area (Å²) in [5, 5.41) is 5.14. The molecule has 1 aromatic rings. The van der Waals surface area contributed by atoms with Crippen LogP contribution >= 0.6 is 0 Å². The predicted molar refractivity (Wildman–Crippen MR) is 106 cm³/mol. The molecule has 0 atom stereocenters. The van der Waals surface area contributed by atoms with Gasteiger partial charge in [0.05, 0.1) is 15.5 Å². The molecular weight excluding hydrogens is 402 g/mol. The topological polar surface area (TPSA) is 118 Å². The van der Waals surface area contributed by atoms with Gasteiger partial charge in [-0.3, -0.25) is 4.79 Å². The number of hydrogen-bond donors (Lipinski definition) is 1. The highest BCUT2D eigenvalue weighted by molar-refractivity contribution is 7.91. The molecule has 0 radical (unpaired) electrons. The lowest BCUT2D eigenvalue weighted by molar-refractivity contribution is -0.132. The summed E-state index contributed by atoms with van der Waals surface area (Å²) < 4.78 is 47.6. The van der Waals surface area contributed by atoms with Crippen molar-refractivity contribution < 1.29 is 21.6 Å². The molecular formula is C18H27N3O5S2. The van der Waals surface area contributed by atoms with Crippen molar-refractivity contribution in [3.05, 3.63) is 18.2 Å². The van der Waals surface area contributed by atoms with Gasteiger partial charge in [0, 0.05) is 38.9 Å². The van der Waals surface area contributed by atoms with Crippen molar-refractivity contribution in [3.8, 4) is 0 Å². The van der Waals surface area contributed by atoms with Gasteiger partial charge in [-0.25, -0.2) is 22.0 Å². The second kappa shape index (κ2) is 8.00. The zero-order valence-corrected chi connectivity index (χ0v) is 17.6. The summed E-state index contributed by atoms with van der Waals surface area (Å²) in [4.78, 5) is 15.9. The normalized spacial score (nSPS) is 19.2. The summed E-state index contributed by atoms with van der Waals surface area (Å²) in [5.41, 5.74) is 0.442. The van der Waals surface area contributed by atoms with E-state index in [0.29, 0.717) is 44.2 Å². The van der Waals surface area contributed by atoms with Crippen LogP contribution in [0.5, 0.6) is 0 Å². The van der Waals surface area contributed by atoms with E-state index in [9.17, 15) is 21.6 Å². The number of nitrogens with two attached hydrogens (primary N) is 1. The van der Waals surface area contributed by atoms with E-state index in [0.717, 1.165) is 25.2 Å². The first-order chi connectivity index (χ1) is 13.1. The van der Waals surface area contributed by atoms with Gasteiger partial charge in [0.2, 0.25) is 15.9 Å². The van der Waals surface area contributed by atoms with E-state index in [2.05, 4.69) is 0 Å². The van der Waals surface area contributed by atoms with Gasteiger partial charge in [0.1, 0.15) is 0 Å². The third kappa shape index (κ3) is 4.84. The smallest absolute Gasteiger partial charge is 0.238 e. The maximum absolute atomic E-state index is 12.5. The first-order valence-electron chi connectivity index (χ1n) is 9.45. The summed E-state index contributed by atoms with van der Waals surface area (Å²) in [6.45, 7) is 2.03. The van der Waals surface area contributed by atoms with E-state index < -0.39 is 19.9 Å². The van der Waals surface area contributed by atoms with E-state index >= 15 is 0 Å². The molecule has 0 unspecified atom stereocenters. The van der Waals surface area contributed by atoms with Gasteiger partial charge >= 0.3 is 0 Å². The zero-order valence-electron chi connectivity index (χ0n) is 16.0. The van der Waals surface area contributed by atoms with Crippen LogP contribution < -0.4 is 10.0 Å². The monoisotopic (exact) mass is 429 g/mol. The Balaban J connectivity index is 1.74. The molecule has 1 heterocycles. The molecule has 10 heteroatoms. The number of carbonyl (C=O) groups is 1. The highest BCUT2D eigenvalue weighted by Crippen LogP contribution is 2.30. The number of primary sulfonamides is 1. The summed E-state index contributed by atoms with van der Waals surface area (Å²) in [6, 6.07) is 3.90. The minimum atomic E-state index is -4.00. The maximum Gasteiger partial charge on any atom is 0.238 e. The highest BCUT2D eigenvalue weighted by Gasteiger charge is 2.28. The quantitative estimate of drug-likeness (QED) is 0.745. The van der Waals surface area contributed by atoms with E-state index in [1.54, 1.807) is 0 Å². The Hall–Kier alpha value is -1.65. The maximum atomic E-state index is 12.5. The number of amides is 1. The van der Waals surface area contributed by atoms with Gasteiger partial charge in [0.25, 0.3) is 0 Å². The van der Waals surface area contributed by atoms with Crippen LogP contribution in [-0.2, 0) is 24.7 Å². The lowest BCUT2D eigenvalue weighted by Crippen LogP contribution is -2.49. The molecule has 0 aromatic heterocycles. The fourth-order valence-corrected chi connectivity index (χ4v) is 5.55. The molecule has 1 aliphatic carbocycles. The molecule has 1 saturated carbocycles. The zero-order chi connectivity index (χ0) is 20.5. The van der Waals surface area contributed by atoms with Crippen LogP contribution in [0.4, 0.5) is 5.69 Å².